The van der Waals surface area contributed by atoms with E-state index in [0.29, 0.717) is 17.1 Å². The third-order valence-corrected chi connectivity index (χ3v) is 5.92. The molecule has 2 aliphatic rings. The van der Waals surface area contributed by atoms with E-state index < -0.39 is 5.60 Å². The number of para-hydroxylation sites is 3. The molecule has 0 bridgehead atoms. The van der Waals surface area contributed by atoms with Gasteiger partial charge >= 0.3 is 5.97 Å². The second kappa shape index (κ2) is 6.47. The Balaban J connectivity index is 1.64. The Bertz CT molecular complexity index is 1300. The largest absolute Gasteiger partial charge is 0.456 e. The molecular weight excluding hydrogens is 386 g/mol. The SMILES string of the molecule is Cc1cc(Nc2ccccc2)c2c(c1)C1(OC2=O)c2ccccc2Oc2ccccc21. The van der Waals surface area contributed by atoms with Crippen LogP contribution in [0.5, 0.6) is 11.5 Å². The highest BCUT2D eigenvalue weighted by Gasteiger charge is 2.54. The van der Waals surface area contributed by atoms with Crippen LogP contribution >= 0.6 is 0 Å². The van der Waals surface area contributed by atoms with Gasteiger partial charge in [-0.25, -0.2) is 4.79 Å². The predicted octanol–water partition coefficient (Wildman–Crippen LogP) is 6.31. The number of hydrogen-bond donors (Lipinski definition) is 1. The Morgan fingerprint density at radius 1 is 0.742 bits per heavy atom. The molecule has 4 heteroatoms. The van der Waals surface area contributed by atoms with Crippen molar-refractivity contribution in [2.45, 2.75) is 12.5 Å². The molecule has 6 rings (SSSR count). The van der Waals surface area contributed by atoms with Crippen LogP contribution in [0.2, 0.25) is 0 Å². The molecule has 0 saturated carbocycles. The van der Waals surface area contributed by atoms with Crippen LogP contribution in [-0.2, 0) is 10.3 Å². The Hall–Kier alpha value is -4.05. The van der Waals surface area contributed by atoms with Crippen molar-refractivity contribution in [2.75, 3.05) is 5.32 Å². The summed E-state index contributed by atoms with van der Waals surface area (Å²) in [6.45, 7) is 2.03. The predicted molar refractivity (Wildman–Crippen MR) is 119 cm³/mol. The van der Waals surface area contributed by atoms with Gasteiger partial charge in [-0.15, -0.1) is 0 Å². The van der Waals surface area contributed by atoms with Crippen molar-refractivity contribution in [1.29, 1.82) is 0 Å². The summed E-state index contributed by atoms with van der Waals surface area (Å²) in [5, 5.41) is 3.41. The summed E-state index contributed by atoms with van der Waals surface area (Å²) in [7, 11) is 0. The number of hydrogen-bond acceptors (Lipinski definition) is 4. The van der Waals surface area contributed by atoms with E-state index in [1.165, 1.54) is 0 Å². The molecule has 4 nitrogen and oxygen atoms in total. The summed E-state index contributed by atoms with van der Waals surface area (Å²) in [6, 6.07) is 29.4. The molecule has 4 aromatic carbocycles. The molecule has 0 amide bonds. The van der Waals surface area contributed by atoms with E-state index >= 15 is 0 Å². The molecule has 0 fully saturated rings. The molecule has 0 saturated heterocycles. The van der Waals surface area contributed by atoms with Crippen molar-refractivity contribution in [2.24, 2.45) is 0 Å². The molecule has 1 N–H and O–H groups in total. The lowest BCUT2D eigenvalue weighted by Gasteiger charge is -2.36. The van der Waals surface area contributed by atoms with E-state index in [2.05, 4.69) is 11.4 Å². The Morgan fingerprint density at radius 2 is 1.35 bits per heavy atom. The number of fused-ring (bicyclic) bond motifs is 6. The third kappa shape index (κ3) is 2.51. The normalized spacial score (nSPS) is 14.8. The average molecular weight is 405 g/mol. The average Bonchev–Trinajstić information content (AvgIpc) is 3.07. The number of rotatable bonds is 2. The molecule has 150 valence electrons. The molecular formula is C27H19NO3. The summed E-state index contributed by atoms with van der Waals surface area (Å²) in [6.07, 6.45) is 0. The second-order valence-corrected chi connectivity index (χ2v) is 7.89. The number of benzene rings is 4. The van der Waals surface area contributed by atoms with Crippen LogP contribution in [0.4, 0.5) is 11.4 Å². The van der Waals surface area contributed by atoms with Crippen LogP contribution in [0.25, 0.3) is 0 Å². The van der Waals surface area contributed by atoms with Gasteiger partial charge in [0, 0.05) is 22.4 Å². The fourth-order valence-electron chi connectivity index (χ4n) is 4.66. The summed E-state index contributed by atoms with van der Waals surface area (Å²) in [5.41, 5.74) is 4.70. The van der Waals surface area contributed by atoms with Gasteiger partial charge in [0.1, 0.15) is 11.5 Å². The fraction of sp³-hybridized carbons (Fsp3) is 0.0741. The minimum atomic E-state index is -1.04. The zero-order valence-corrected chi connectivity index (χ0v) is 16.9. The number of anilines is 2. The standard InChI is InChI=1S/C27H19NO3/c1-17-15-21-25(22(16-17)28-18-9-3-2-4-10-18)26(29)31-27(21)19-11-5-7-13-23(19)30-24-14-8-6-12-20(24)27/h2-16,28H,1H3. The molecule has 1 spiro atoms. The van der Waals surface area contributed by atoms with Crippen molar-refractivity contribution in [3.63, 3.8) is 0 Å². The van der Waals surface area contributed by atoms with E-state index in [4.69, 9.17) is 9.47 Å². The molecule has 0 aliphatic carbocycles. The second-order valence-electron chi connectivity index (χ2n) is 7.89. The van der Waals surface area contributed by atoms with Gasteiger partial charge in [0.25, 0.3) is 0 Å². The van der Waals surface area contributed by atoms with Crippen LogP contribution in [-0.4, -0.2) is 5.97 Å². The maximum absolute atomic E-state index is 13.4. The van der Waals surface area contributed by atoms with Gasteiger partial charge in [0.05, 0.1) is 11.3 Å². The number of ether oxygens (including phenoxy) is 2. The smallest absolute Gasteiger partial charge is 0.342 e. The number of aryl methyl sites for hydroxylation is 1. The zero-order chi connectivity index (χ0) is 21.0. The highest BCUT2D eigenvalue weighted by atomic mass is 16.6. The molecule has 4 aromatic rings. The van der Waals surface area contributed by atoms with Crippen molar-refractivity contribution >= 4 is 17.3 Å². The van der Waals surface area contributed by atoms with Gasteiger partial charge < -0.3 is 14.8 Å². The lowest BCUT2D eigenvalue weighted by molar-refractivity contribution is 0.0225. The first-order valence-corrected chi connectivity index (χ1v) is 10.2. The van der Waals surface area contributed by atoms with Crippen LogP contribution in [0.15, 0.2) is 91.0 Å². The van der Waals surface area contributed by atoms with Crippen molar-refractivity contribution in [3.8, 4) is 11.5 Å². The Labute approximate surface area is 180 Å². The van der Waals surface area contributed by atoms with Gasteiger partial charge in [-0.05, 0) is 42.8 Å². The van der Waals surface area contributed by atoms with E-state index in [9.17, 15) is 4.79 Å². The van der Waals surface area contributed by atoms with Gasteiger partial charge in [0.15, 0.2) is 5.60 Å². The zero-order valence-electron chi connectivity index (χ0n) is 16.9. The number of esters is 1. The first-order valence-electron chi connectivity index (χ1n) is 10.2. The van der Waals surface area contributed by atoms with E-state index in [1.54, 1.807) is 0 Å². The summed E-state index contributed by atoms with van der Waals surface area (Å²) in [4.78, 5) is 13.4. The van der Waals surface area contributed by atoms with E-state index in [1.807, 2.05) is 91.9 Å². The number of carbonyl (C=O) groups is 1. The lowest BCUT2D eigenvalue weighted by atomic mass is 9.77. The molecule has 2 heterocycles. The van der Waals surface area contributed by atoms with Crippen molar-refractivity contribution in [1.82, 2.24) is 0 Å². The maximum Gasteiger partial charge on any atom is 0.342 e. The Morgan fingerprint density at radius 3 is 2.03 bits per heavy atom. The highest BCUT2D eigenvalue weighted by molar-refractivity contribution is 6.03. The molecule has 2 aliphatic heterocycles. The van der Waals surface area contributed by atoms with Gasteiger partial charge in [0.2, 0.25) is 0 Å². The van der Waals surface area contributed by atoms with Gasteiger partial charge in [-0.2, -0.15) is 0 Å². The van der Waals surface area contributed by atoms with Crippen LogP contribution in [0.1, 0.15) is 32.6 Å². The van der Waals surface area contributed by atoms with Crippen LogP contribution in [0.3, 0.4) is 0 Å². The van der Waals surface area contributed by atoms with Crippen LogP contribution in [0, 0.1) is 6.92 Å². The highest BCUT2D eigenvalue weighted by Crippen LogP contribution is 2.57. The number of carbonyl (C=O) groups excluding carboxylic acids is 1. The first kappa shape index (κ1) is 17.8. The van der Waals surface area contributed by atoms with E-state index in [-0.39, 0.29) is 5.97 Å². The van der Waals surface area contributed by atoms with Gasteiger partial charge in [-0.3, -0.25) is 0 Å². The van der Waals surface area contributed by atoms with Gasteiger partial charge in [-0.1, -0.05) is 60.7 Å². The first-order chi connectivity index (χ1) is 15.2. The summed E-state index contributed by atoms with van der Waals surface area (Å²) in [5.74, 6) is 1.04. The molecule has 0 radical (unpaired) electrons. The quantitative estimate of drug-likeness (QED) is 0.397. The minimum absolute atomic E-state index is 0.347. The van der Waals surface area contributed by atoms with Crippen molar-refractivity contribution in [3.05, 3.63) is 119 Å². The molecule has 0 atom stereocenters. The monoisotopic (exact) mass is 405 g/mol. The fourth-order valence-corrected chi connectivity index (χ4v) is 4.66. The molecule has 0 unspecified atom stereocenters. The summed E-state index contributed by atoms with van der Waals surface area (Å²) < 4.78 is 12.5. The van der Waals surface area contributed by atoms with Crippen LogP contribution < -0.4 is 10.1 Å². The minimum Gasteiger partial charge on any atom is -0.456 e. The Kier molecular flexibility index (Phi) is 3.71. The lowest BCUT2D eigenvalue weighted by Crippen LogP contribution is -2.32. The summed E-state index contributed by atoms with van der Waals surface area (Å²) >= 11 is 0. The molecule has 0 aromatic heterocycles. The maximum atomic E-state index is 13.4. The number of nitrogens with one attached hydrogen (secondary N) is 1. The van der Waals surface area contributed by atoms with Crippen molar-refractivity contribution < 1.29 is 14.3 Å². The van der Waals surface area contributed by atoms with E-state index in [0.717, 1.165) is 33.6 Å². The molecule has 31 heavy (non-hydrogen) atoms. The topological polar surface area (TPSA) is 47.6 Å². The third-order valence-electron chi connectivity index (χ3n) is 5.92.